The minimum Gasteiger partial charge on any atom is -0.351 e. The predicted octanol–water partition coefficient (Wildman–Crippen LogP) is 3.40. The van der Waals surface area contributed by atoms with E-state index >= 15 is 0 Å². The molecule has 5 rings (SSSR count). The van der Waals surface area contributed by atoms with Gasteiger partial charge in [-0.25, -0.2) is 4.39 Å². The quantitative estimate of drug-likeness (QED) is 0.704. The maximum Gasteiger partial charge on any atom is 0.267 e. The van der Waals surface area contributed by atoms with Gasteiger partial charge in [-0.05, 0) is 69.6 Å². The van der Waals surface area contributed by atoms with Crippen molar-refractivity contribution in [2.75, 3.05) is 13.1 Å². The first-order chi connectivity index (χ1) is 14.9. The van der Waals surface area contributed by atoms with Crippen molar-refractivity contribution in [3.8, 4) is 0 Å². The molecule has 1 aromatic carbocycles. The predicted molar refractivity (Wildman–Crippen MR) is 117 cm³/mol. The van der Waals surface area contributed by atoms with Crippen LogP contribution >= 0.6 is 0 Å². The molecule has 2 amide bonds. The molecule has 1 saturated carbocycles. The van der Waals surface area contributed by atoms with E-state index in [1.54, 1.807) is 12.1 Å². The van der Waals surface area contributed by atoms with Crippen molar-refractivity contribution in [3.05, 3.63) is 35.3 Å². The highest BCUT2D eigenvalue weighted by Gasteiger charge is 2.41. The first-order valence-electron chi connectivity index (χ1n) is 11.6. The van der Waals surface area contributed by atoms with Crippen molar-refractivity contribution in [2.24, 2.45) is 0 Å². The summed E-state index contributed by atoms with van der Waals surface area (Å²) >= 11 is 0. The number of nitrogens with one attached hydrogen (secondary N) is 3. The van der Waals surface area contributed by atoms with Gasteiger partial charge in [-0.2, -0.15) is 0 Å². The Kier molecular flexibility index (Phi) is 5.24. The fourth-order valence-corrected chi connectivity index (χ4v) is 5.80. The van der Waals surface area contributed by atoms with E-state index in [0.717, 1.165) is 63.6 Å². The van der Waals surface area contributed by atoms with Crippen molar-refractivity contribution >= 4 is 22.7 Å². The number of carbonyl (C=O) groups is 2. The van der Waals surface area contributed by atoms with Crippen LogP contribution in [0.3, 0.4) is 0 Å². The number of H-pyrrole nitrogens is 1. The molecule has 2 aromatic rings. The summed E-state index contributed by atoms with van der Waals surface area (Å²) in [5, 5.41) is 6.86. The van der Waals surface area contributed by atoms with E-state index in [4.69, 9.17) is 0 Å². The Morgan fingerprint density at radius 2 is 2.03 bits per heavy atom. The van der Waals surface area contributed by atoms with Gasteiger partial charge in [0.2, 0.25) is 5.91 Å². The Morgan fingerprint density at radius 1 is 1.23 bits per heavy atom. The zero-order valence-electron chi connectivity index (χ0n) is 18.1. The van der Waals surface area contributed by atoms with Gasteiger partial charge in [-0.3, -0.25) is 9.59 Å². The lowest BCUT2D eigenvalue weighted by Gasteiger charge is -2.44. The molecule has 2 aliphatic heterocycles. The van der Waals surface area contributed by atoms with Gasteiger partial charge < -0.3 is 20.5 Å². The number of fused-ring (bicyclic) bond motifs is 1. The lowest BCUT2D eigenvalue weighted by molar-refractivity contribution is -0.120. The number of piperidine rings is 1. The minimum atomic E-state index is -0.310. The maximum absolute atomic E-state index is 14.1. The molecule has 1 spiro atoms. The topological polar surface area (TPSA) is 77.2 Å². The number of likely N-dealkylation sites (tertiary alicyclic amines) is 1. The molecule has 0 unspecified atom stereocenters. The lowest BCUT2D eigenvalue weighted by Crippen LogP contribution is -2.54. The van der Waals surface area contributed by atoms with Crippen LogP contribution < -0.4 is 10.6 Å². The van der Waals surface area contributed by atoms with Gasteiger partial charge in [0.1, 0.15) is 11.5 Å². The highest BCUT2D eigenvalue weighted by molar-refractivity contribution is 5.99. The standard InChI is InChI=1S/C24H31FN4O2/c1-15-5-6-19(25)18-14-20(27-22(15)18)23(31)26-16-3-2-4-17(13-16)29-11-9-24(10-12-29)8-7-21(30)28-24/h5-6,14,16-17,27H,2-4,7-13H2,1H3,(H,26,31)(H,28,30)/t16-,17+/m1/s1. The summed E-state index contributed by atoms with van der Waals surface area (Å²) in [4.78, 5) is 30.2. The molecule has 166 valence electrons. The molecule has 3 fully saturated rings. The van der Waals surface area contributed by atoms with E-state index in [9.17, 15) is 14.0 Å². The Morgan fingerprint density at radius 3 is 2.74 bits per heavy atom. The van der Waals surface area contributed by atoms with Gasteiger partial charge in [-0.15, -0.1) is 0 Å². The van der Waals surface area contributed by atoms with Crippen molar-refractivity contribution in [1.29, 1.82) is 0 Å². The highest BCUT2D eigenvalue weighted by Crippen LogP contribution is 2.34. The Balaban J connectivity index is 1.20. The number of carbonyl (C=O) groups excluding carboxylic acids is 2. The largest absolute Gasteiger partial charge is 0.351 e. The number of aromatic nitrogens is 1. The molecule has 1 aromatic heterocycles. The molecule has 3 aliphatic rings. The van der Waals surface area contributed by atoms with Crippen LogP contribution in [-0.4, -0.2) is 52.4 Å². The molecule has 3 N–H and O–H groups in total. The second-order valence-corrected chi connectivity index (χ2v) is 9.69. The molecule has 2 atom stereocenters. The third-order valence-electron chi connectivity index (χ3n) is 7.68. The van der Waals surface area contributed by atoms with Gasteiger partial charge in [0.25, 0.3) is 5.91 Å². The normalized spacial score (nSPS) is 26.3. The molecule has 6 nitrogen and oxygen atoms in total. The van der Waals surface area contributed by atoms with Crippen LogP contribution in [0.25, 0.3) is 10.9 Å². The van der Waals surface area contributed by atoms with Gasteiger partial charge in [0, 0.05) is 42.5 Å². The third kappa shape index (κ3) is 3.95. The van der Waals surface area contributed by atoms with Crippen LogP contribution in [0.15, 0.2) is 18.2 Å². The first kappa shape index (κ1) is 20.5. The Bertz CT molecular complexity index is 969. The molecule has 1 aliphatic carbocycles. The van der Waals surface area contributed by atoms with E-state index in [2.05, 4.69) is 20.5 Å². The molecule has 31 heavy (non-hydrogen) atoms. The summed E-state index contributed by atoms with van der Waals surface area (Å²) in [7, 11) is 0. The second kappa shape index (κ2) is 7.93. The van der Waals surface area contributed by atoms with Crippen molar-refractivity contribution < 1.29 is 14.0 Å². The summed E-state index contributed by atoms with van der Waals surface area (Å²) in [6.45, 7) is 3.92. The highest BCUT2D eigenvalue weighted by atomic mass is 19.1. The number of nitrogens with zero attached hydrogens (tertiary/aromatic N) is 1. The zero-order chi connectivity index (χ0) is 21.6. The number of rotatable bonds is 3. The van der Waals surface area contributed by atoms with E-state index in [1.807, 2.05) is 6.92 Å². The molecule has 2 saturated heterocycles. The van der Waals surface area contributed by atoms with E-state index in [-0.39, 0.29) is 29.2 Å². The molecular formula is C24H31FN4O2. The maximum atomic E-state index is 14.1. The van der Waals surface area contributed by atoms with Crippen LogP contribution in [-0.2, 0) is 4.79 Å². The van der Waals surface area contributed by atoms with Crippen molar-refractivity contribution in [1.82, 2.24) is 20.5 Å². The van der Waals surface area contributed by atoms with Gasteiger partial charge in [-0.1, -0.05) is 6.07 Å². The van der Waals surface area contributed by atoms with Gasteiger partial charge in [0.15, 0.2) is 0 Å². The van der Waals surface area contributed by atoms with Gasteiger partial charge >= 0.3 is 0 Å². The van der Waals surface area contributed by atoms with Crippen LogP contribution in [0.4, 0.5) is 4.39 Å². The average molecular weight is 427 g/mol. The summed E-state index contributed by atoms with van der Waals surface area (Å²) in [5.41, 5.74) is 2.06. The molecule has 0 radical (unpaired) electrons. The summed E-state index contributed by atoms with van der Waals surface area (Å²) < 4.78 is 14.1. The van der Waals surface area contributed by atoms with Crippen LogP contribution in [0.5, 0.6) is 0 Å². The minimum absolute atomic E-state index is 0.0267. The Labute approximate surface area is 181 Å². The van der Waals surface area contributed by atoms with Crippen molar-refractivity contribution in [3.63, 3.8) is 0 Å². The van der Waals surface area contributed by atoms with Crippen LogP contribution in [0.2, 0.25) is 0 Å². The van der Waals surface area contributed by atoms with Gasteiger partial charge in [0.05, 0.1) is 5.52 Å². The average Bonchev–Trinajstić information content (AvgIpc) is 3.37. The number of halogens is 1. The van der Waals surface area contributed by atoms with E-state index < -0.39 is 0 Å². The first-order valence-corrected chi connectivity index (χ1v) is 11.6. The number of hydrogen-bond donors (Lipinski definition) is 3. The molecule has 3 heterocycles. The third-order valence-corrected chi connectivity index (χ3v) is 7.68. The summed E-state index contributed by atoms with van der Waals surface area (Å²) in [6.07, 6.45) is 7.83. The number of hydrogen-bond acceptors (Lipinski definition) is 3. The molecule has 7 heteroatoms. The monoisotopic (exact) mass is 426 g/mol. The second-order valence-electron chi connectivity index (χ2n) is 9.69. The number of benzene rings is 1. The summed E-state index contributed by atoms with van der Waals surface area (Å²) in [5.74, 6) is -0.275. The smallest absolute Gasteiger partial charge is 0.267 e. The number of aryl methyl sites for hydroxylation is 1. The zero-order valence-corrected chi connectivity index (χ0v) is 18.1. The lowest BCUT2D eigenvalue weighted by atomic mass is 9.83. The van der Waals surface area contributed by atoms with E-state index in [0.29, 0.717) is 29.1 Å². The number of aromatic amines is 1. The molecule has 0 bridgehead atoms. The Hall–Kier alpha value is -2.41. The van der Waals surface area contributed by atoms with Crippen LogP contribution in [0, 0.1) is 12.7 Å². The van der Waals surface area contributed by atoms with Crippen LogP contribution in [0.1, 0.15) is 67.4 Å². The number of amides is 2. The van der Waals surface area contributed by atoms with Crippen molar-refractivity contribution in [2.45, 2.75) is 75.9 Å². The molecular weight excluding hydrogens is 395 g/mol. The van der Waals surface area contributed by atoms with E-state index in [1.165, 1.54) is 6.07 Å². The fourth-order valence-electron chi connectivity index (χ4n) is 5.80. The fraction of sp³-hybridized carbons (Fsp3) is 0.583. The summed E-state index contributed by atoms with van der Waals surface area (Å²) in [6, 6.07) is 5.38. The SMILES string of the molecule is Cc1ccc(F)c2cc(C(=O)N[C@@H]3CCC[C@H](N4CCC5(CCC(=O)N5)CC4)C3)[nH]c12.